The van der Waals surface area contributed by atoms with Crippen LogP contribution in [0.15, 0.2) is 46.2 Å². The van der Waals surface area contributed by atoms with Crippen molar-refractivity contribution in [2.75, 3.05) is 38.2 Å². The van der Waals surface area contributed by atoms with Crippen LogP contribution in [0, 0.1) is 18.3 Å². The van der Waals surface area contributed by atoms with Gasteiger partial charge in [-0.1, -0.05) is 23.8 Å². The molecule has 3 aromatic rings. The molecule has 1 unspecified atom stereocenters. The van der Waals surface area contributed by atoms with Gasteiger partial charge in [-0.25, -0.2) is 0 Å². The summed E-state index contributed by atoms with van der Waals surface area (Å²) in [7, 11) is 0. The number of oxazole rings is 1. The molecule has 0 spiro atoms. The first kappa shape index (κ1) is 18.7. The topological polar surface area (TPSA) is 74.3 Å². The standard InChI is InChI=1S/C21H22N4O2S/c1-15-4-6-16(7-5-15)20-24-17(13-22)21(27-20)23-14-18(19-3-2-12-28-19)25-8-10-26-11-9-25/h2-7,12,18,23H,8-11,14H2,1H3. The number of benzene rings is 1. The number of hydrogen-bond donors (Lipinski definition) is 1. The Morgan fingerprint density at radius 3 is 2.71 bits per heavy atom. The number of thiophene rings is 1. The van der Waals surface area contributed by atoms with Crippen molar-refractivity contribution >= 4 is 17.2 Å². The molecule has 7 heteroatoms. The molecule has 2 aromatic heterocycles. The SMILES string of the molecule is Cc1ccc(-c2nc(C#N)c(NCC(c3cccs3)N3CCOCC3)o2)cc1. The lowest BCUT2D eigenvalue weighted by Gasteiger charge is -2.34. The molecule has 1 saturated heterocycles. The lowest BCUT2D eigenvalue weighted by atomic mass is 10.1. The molecule has 1 N–H and O–H groups in total. The summed E-state index contributed by atoms with van der Waals surface area (Å²) in [5.74, 6) is 0.881. The Bertz CT molecular complexity index is 938. The zero-order valence-electron chi connectivity index (χ0n) is 15.7. The largest absolute Gasteiger partial charge is 0.419 e. The van der Waals surface area contributed by atoms with Crippen LogP contribution in [-0.4, -0.2) is 42.7 Å². The van der Waals surface area contributed by atoms with Crippen LogP contribution in [0.4, 0.5) is 5.88 Å². The normalized spacial score (nSPS) is 15.9. The molecule has 3 heterocycles. The van der Waals surface area contributed by atoms with E-state index in [0.29, 0.717) is 18.3 Å². The average Bonchev–Trinajstić information content (AvgIpc) is 3.40. The van der Waals surface area contributed by atoms with E-state index < -0.39 is 0 Å². The minimum atomic E-state index is 0.198. The number of aryl methyl sites for hydroxylation is 1. The van der Waals surface area contributed by atoms with Crippen molar-refractivity contribution in [1.82, 2.24) is 9.88 Å². The van der Waals surface area contributed by atoms with Crippen LogP contribution in [0.25, 0.3) is 11.5 Å². The van der Waals surface area contributed by atoms with Gasteiger partial charge in [-0.05, 0) is 30.5 Å². The molecule has 0 radical (unpaired) electrons. The smallest absolute Gasteiger partial charge is 0.232 e. The van der Waals surface area contributed by atoms with Gasteiger partial charge < -0.3 is 14.5 Å². The second-order valence-corrected chi connectivity index (χ2v) is 7.71. The Kier molecular flexibility index (Phi) is 5.72. The summed E-state index contributed by atoms with van der Waals surface area (Å²) >= 11 is 1.74. The molecule has 1 aliphatic rings. The second kappa shape index (κ2) is 8.57. The van der Waals surface area contributed by atoms with Gasteiger partial charge in [0.1, 0.15) is 6.07 Å². The third-order valence-electron chi connectivity index (χ3n) is 4.85. The fraction of sp³-hybridized carbons (Fsp3) is 0.333. The predicted molar refractivity (Wildman–Crippen MR) is 109 cm³/mol. The minimum absolute atomic E-state index is 0.198. The van der Waals surface area contributed by atoms with Crippen molar-refractivity contribution in [3.05, 3.63) is 57.9 Å². The zero-order valence-corrected chi connectivity index (χ0v) is 16.5. The number of rotatable bonds is 6. The van der Waals surface area contributed by atoms with E-state index >= 15 is 0 Å². The van der Waals surface area contributed by atoms with Gasteiger partial charge in [0.05, 0.1) is 19.3 Å². The van der Waals surface area contributed by atoms with Crippen molar-refractivity contribution in [1.29, 1.82) is 5.26 Å². The number of nitriles is 1. The molecule has 1 fully saturated rings. The highest BCUT2D eigenvalue weighted by Gasteiger charge is 2.24. The molecule has 1 aliphatic heterocycles. The van der Waals surface area contributed by atoms with Gasteiger partial charge in [0, 0.05) is 30.1 Å². The maximum Gasteiger partial charge on any atom is 0.232 e. The predicted octanol–water partition coefficient (Wildman–Crippen LogP) is 4.07. The molecule has 0 bridgehead atoms. The van der Waals surface area contributed by atoms with Crippen LogP contribution >= 0.6 is 11.3 Å². The summed E-state index contributed by atoms with van der Waals surface area (Å²) in [6, 6.07) is 14.5. The van der Waals surface area contributed by atoms with Crippen molar-refractivity contribution in [2.45, 2.75) is 13.0 Å². The summed E-state index contributed by atoms with van der Waals surface area (Å²) in [4.78, 5) is 8.05. The lowest BCUT2D eigenvalue weighted by Crippen LogP contribution is -2.41. The number of nitrogens with one attached hydrogen (secondary N) is 1. The number of aromatic nitrogens is 1. The zero-order chi connectivity index (χ0) is 19.3. The van der Waals surface area contributed by atoms with Gasteiger partial charge in [-0.15, -0.1) is 11.3 Å². The minimum Gasteiger partial charge on any atom is -0.419 e. The molecule has 0 aliphatic carbocycles. The first-order valence-electron chi connectivity index (χ1n) is 9.31. The van der Waals surface area contributed by atoms with Gasteiger partial charge in [0.2, 0.25) is 17.5 Å². The molecule has 144 valence electrons. The first-order chi connectivity index (χ1) is 13.7. The van der Waals surface area contributed by atoms with E-state index in [1.54, 1.807) is 11.3 Å². The molecular formula is C21H22N4O2S. The summed E-state index contributed by atoms with van der Waals surface area (Å²) in [5.41, 5.74) is 2.30. The lowest BCUT2D eigenvalue weighted by molar-refractivity contribution is 0.0193. The first-order valence-corrected chi connectivity index (χ1v) is 10.2. The van der Waals surface area contributed by atoms with Crippen molar-refractivity contribution in [2.24, 2.45) is 0 Å². The summed E-state index contributed by atoms with van der Waals surface area (Å²) in [6.45, 7) is 5.93. The highest BCUT2D eigenvalue weighted by atomic mass is 32.1. The van der Waals surface area contributed by atoms with E-state index in [9.17, 15) is 5.26 Å². The molecule has 0 saturated carbocycles. The molecular weight excluding hydrogens is 372 g/mol. The van der Waals surface area contributed by atoms with Crippen LogP contribution in [0.2, 0.25) is 0 Å². The fourth-order valence-corrected chi connectivity index (χ4v) is 4.17. The van der Waals surface area contributed by atoms with E-state index in [2.05, 4.69) is 38.8 Å². The summed E-state index contributed by atoms with van der Waals surface area (Å²) in [5, 5.41) is 14.9. The third-order valence-corrected chi connectivity index (χ3v) is 5.82. The van der Waals surface area contributed by atoms with Crippen LogP contribution in [0.5, 0.6) is 0 Å². The number of nitrogens with zero attached hydrogens (tertiary/aromatic N) is 3. The number of morpholine rings is 1. The molecule has 1 atom stereocenters. The molecule has 1 aromatic carbocycles. The van der Waals surface area contributed by atoms with E-state index in [4.69, 9.17) is 9.15 Å². The summed E-state index contributed by atoms with van der Waals surface area (Å²) < 4.78 is 11.4. The maximum absolute atomic E-state index is 9.48. The average molecular weight is 395 g/mol. The van der Waals surface area contributed by atoms with Crippen molar-refractivity contribution in [3.8, 4) is 17.5 Å². The van der Waals surface area contributed by atoms with Crippen LogP contribution < -0.4 is 5.32 Å². The van der Waals surface area contributed by atoms with E-state index in [-0.39, 0.29) is 11.7 Å². The third kappa shape index (κ3) is 4.09. The Hall–Kier alpha value is -2.66. The quantitative estimate of drug-likeness (QED) is 0.679. The molecule has 4 rings (SSSR count). The van der Waals surface area contributed by atoms with Gasteiger partial charge in [-0.3, -0.25) is 4.90 Å². The van der Waals surface area contributed by atoms with Crippen LogP contribution in [0.3, 0.4) is 0 Å². The van der Waals surface area contributed by atoms with Gasteiger partial charge in [-0.2, -0.15) is 10.2 Å². The van der Waals surface area contributed by atoms with E-state index in [1.165, 1.54) is 10.4 Å². The van der Waals surface area contributed by atoms with E-state index in [1.807, 2.05) is 31.2 Å². The Balaban J connectivity index is 1.54. The number of anilines is 1. The molecule has 0 amide bonds. The number of ether oxygens (including phenoxy) is 1. The molecule has 6 nitrogen and oxygen atoms in total. The Labute approximate surface area is 168 Å². The van der Waals surface area contributed by atoms with Crippen LogP contribution in [-0.2, 0) is 4.74 Å². The maximum atomic E-state index is 9.48. The van der Waals surface area contributed by atoms with Crippen molar-refractivity contribution in [3.63, 3.8) is 0 Å². The second-order valence-electron chi connectivity index (χ2n) is 6.74. The van der Waals surface area contributed by atoms with E-state index in [0.717, 1.165) is 31.9 Å². The Morgan fingerprint density at radius 2 is 2.04 bits per heavy atom. The monoisotopic (exact) mass is 394 g/mol. The van der Waals surface area contributed by atoms with Crippen LogP contribution in [0.1, 0.15) is 22.2 Å². The highest BCUT2D eigenvalue weighted by molar-refractivity contribution is 7.10. The number of hydrogen-bond acceptors (Lipinski definition) is 7. The van der Waals surface area contributed by atoms with Crippen molar-refractivity contribution < 1.29 is 9.15 Å². The Morgan fingerprint density at radius 1 is 1.25 bits per heavy atom. The molecule has 28 heavy (non-hydrogen) atoms. The van der Waals surface area contributed by atoms with Gasteiger partial charge >= 0.3 is 0 Å². The summed E-state index contributed by atoms with van der Waals surface area (Å²) in [6.07, 6.45) is 0. The highest BCUT2D eigenvalue weighted by Crippen LogP contribution is 2.29. The van der Waals surface area contributed by atoms with Gasteiger partial charge in [0.25, 0.3) is 0 Å². The van der Waals surface area contributed by atoms with Gasteiger partial charge in [0.15, 0.2) is 0 Å². The fourth-order valence-electron chi connectivity index (χ4n) is 3.30.